The minimum atomic E-state index is -0.518. The van der Waals surface area contributed by atoms with E-state index in [4.69, 9.17) is 9.15 Å². The summed E-state index contributed by atoms with van der Waals surface area (Å²) >= 11 is 0. The van der Waals surface area contributed by atoms with Gasteiger partial charge in [-0.1, -0.05) is 18.1 Å². The van der Waals surface area contributed by atoms with E-state index in [1.165, 1.54) is 11.1 Å². The topological polar surface area (TPSA) is 56.5 Å². The van der Waals surface area contributed by atoms with Crippen molar-refractivity contribution in [3.8, 4) is 0 Å². The van der Waals surface area contributed by atoms with Crippen molar-refractivity contribution in [2.24, 2.45) is 17.3 Å². The number of hydrogen-bond donors (Lipinski definition) is 0. The van der Waals surface area contributed by atoms with Crippen LogP contribution >= 0.6 is 0 Å². The van der Waals surface area contributed by atoms with Gasteiger partial charge in [-0.3, -0.25) is 4.79 Å². The number of rotatable bonds is 4. The Kier molecular flexibility index (Phi) is 4.66. The van der Waals surface area contributed by atoms with Gasteiger partial charge in [0.25, 0.3) is 0 Å². The third-order valence-electron chi connectivity index (χ3n) is 6.05. The molecule has 1 saturated heterocycles. The Labute approximate surface area is 143 Å². The maximum atomic E-state index is 13.0. The number of cyclic esters (lactones) is 1. The summed E-state index contributed by atoms with van der Waals surface area (Å²) < 4.78 is 11.0. The fourth-order valence-corrected chi connectivity index (χ4v) is 4.72. The second kappa shape index (κ2) is 6.58. The largest absolute Gasteiger partial charge is 0.472 e. The summed E-state index contributed by atoms with van der Waals surface area (Å²) in [6.45, 7) is 6.39. The smallest absolute Gasteiger partial charge is 0.313 e. The first-order valence-corrected chi connectivity index (χ1v) is 8.83. The predicted octanol–water partition coefficient (Wildman–Crippen LogP) is 4.62. The molecule has 0 bridgehead atoms. The van der Waals surface area contributed by atoms with E-state index in [0.29, 0.717) is 12.8 Å². The Morgan fingerprint density at radius 3 is 2.83 bits per heavy atom. The molecule has 3 rings (SSSR count). The zero-order valence-corrected chi connectivity index (χ0v) is 14.7. The molecule has 1 aromatic heterocycles. The highest BCUT2D eigenvalue weighted by Crippen LogP contribution is 2.59. The molecule has 1 aliphatic heterocycles. The Bertz CT molecular complexity index is 639. The summed E-state index contributed by atoms with van der Waals surface area (Å²) in [6, 6.07) is 1.87. The SMILES string of the molecule is CC(C)=C1CC[C@@H](C)[C@]2(C[C@@H](c3ccoc3)OC2=O)[C@H]1CCC=O. The number of hydrogen-bond acceptors (Lipinski definition) is 4. The Morgan fingerprint density at radius 2 is 2.21 bits per heavy atom. The summed E-state index contributed by atoms with van der Waals surface area (Å²) in [5.41, 5.74) is 3.03. The van der Waals surface area contributed by atoms with E-state index in [9.17, 15) is 9.59 Å². The minimum Gasteiger partial charge on any atom is -0.472 e. The van der Waals surface area contributed by atoms with Crippen LogP contribution in [-0.2, 0) is 14.3 Å². The average Bonchev–Trinajstić information content (AvgIpc) is 3.17. The molecule has 2 fully saturated rings. The third-order valence-corrected chi connectivity index (χ3v) is 6.05. The molecule has 130 valence electrons. The van der Waals surface area contributed by atoms with Crippen molar-refractivity contribution < 1.29 is 18.7 Å². The maximum Gasteiger partial charge on any atom is 0.313 e. The second-order valence-corrected chi connectivity index (χ2v) is 7.46. The van der Waals surface area contributed by atoms with Crippen LogP contribution in [0.3, 0.4) is 0 Å². The van der Waals surface area contributed by atoms with Gasteiger partial charge in [0.05, 0.1) is 17.9 Å². The van der Waals surface area contributed by atoms with E-state index in [1.54, 1.807) is 12.5 Å². The number of furan rings is 1. The first-order chi connectivity index (χ1) is 11.5. The molecular formula is C20H26O4. The lowest BCUT2D eigenvalue weighted by molar-refractivity contribution is -0.155. The molecule has 2 heterocycles. The number of carbonyl (C=O) groups is 2. The highest BCUT2D eigenvalue weighted by Gasteiger charge is 2.59. The standard InChI is InChI=1S/C20H26O4/c1-13(2)16-7-6-14(3)20(17(16)5-4-9-21)11-18(24-19(20)22)15-8-10-23-12-15/h8-10,12,14,17-18H,4-7,11H2,1-3H3/t14-,17+,18+,20-/m1/s1. The van der Waals surface area contributed by atoms with Gasteiger partial charge in [-0.15, -0.1) is 0 Å². The quantitative estimate of drug-likeness (QED) is 0.459. The summed E-state index contributed by atoms with van der Waals surface area (Å²) in [7, 11) is 0. The van der Waals surface area contributed by atoms with Crippen LogP contribution in [-0.4, -0.2) is 12.3 Å². The monoisotopic (exact) mass is 330 g/mol. The van der Waals surface area contributed by atoms with Crippen LogP contribution in [0.2, 0.25) is 0 Å². The van der Waals surface area contributed by atoms with Crippen LogP contribution in [0.4, 0.5) is 0 Å². The molecule has 4 atom stereocenters. The van der Waals surface area contributed by atoms with Crippen molar-refractivity contribution in [1.82, 2.24) is 0 Å². The highest BCUT2D eigenvalue weighted by atomic mass is 16.6. The molecule has 2 aliphatic rings. The molecule has 1 aromatic rings. The second-order valence-electron chi connectivity index (χ2n) is 7.46. The van der Waals surface area contributed by atoms with Crippen LogP contribution in [0.1, 0.15) is 64.5 Å². The molecule has 4 heteroatoms. The summed E-state index contributed by atoms with van der Waals surface area (Å²) in [4.78, 5) is 24.0. The lowest BCUT2D eigenvalue weighted by atomic mass is 9.56. The summed E-state index contributed by atoms with van der Waals surface area (Å²) in [5, 5.41) is 0. The molecule has 1 aliphatic carbocycles. The summed E-state index contributed by atoms with van der Waals surface area (Å²) in [5.74, 6) is 0.248. The molecule has 0 aromatic carbocycles. The molecule has 0 radical (unpaired) electrons. The van der Waals surface area contributed by atoms with Gasteiger partial charge < -0.3 is 13.9 Å². The van der Waals surface area contributed by atoms with E-state index in [2.05, 4.69) is 20.8 Å². The number of esters is 1. The highest BCUT2D eigenvalue weighted by molar-refractivity contribution is 5.81. The Morgan fingerprint density at radius 1 is 1.42 bits per heavy atom. The number of ether oxygens (including phenoxy) is 1. The van der Waals surface area contributed by atoms with Crippen molar-refractivity contribution in [2.75, 3.05) is 0 Å². The zero-order valence-electron chi connectivity index (χ0n) is 14.7. The van der Waals surface area contributed by atoms with Crippen molar-refractivity contribution >= 4 is 12.3 Å². The predicted molar refractivity (Wildman–Crippen MR) is 90.2 cm³/mol. The van der Waals surface area contributed by atoms with E-state index < -0.39 is 5.41 Å². The molecule has 0 unspecified atom stereocenters. The van der Waals surface area contributed by atoms with E-state index in [0.717, 1.165) is 31.1 Å². The zero-order chi connectivity index (χ0) is 17.3. The number of allylic oxidation sites excluding steroid dienone is 2. The van der Waals surface area contributed by atoms with Crippen molar-refractivity contribution in [2.45, 2.75) is 59.0 Å². The number of carbonyl (C=O) groups excluding carboxylic acids is 2. The molecular weight excluding hydrogens is 304 g/mol. The van der Waals surface area contributed by atoms with Gasteiger partial charge in [-0.05, 0) is 51.0 Å². The normalized spacial score (nSPS) is 32.9. The van der Waals surface area contributed by atoms with E-state index in [1.807, 2.05) is 6.07 Å². The molecule has 4 nitrogen and oxygen atoms in total. The lowest BCUT2D eigenvalue weighted by Crippen LogP contribution is -2.45. The van der Waals surface area contributed by atoms with Crippen molar-refractivity contribution in [3.63, 3.8) is 0 Å². The Hall–Kier alpha value is -1.84. The maximum absolute atomic E-state index is 13.0. The van der Waals surface area contributed by atoms with Crippen molar-refractivity contribution in [3.05, 3.63) is 35.3 Å². The van der Waals surface area contributed by atoms with Crippen LogP contribution < -0.4 is 0 Å². The van der Waals surface area contributed by atoms with E-state index in [-0.39, 0.29) is 23.9 Å². The molecule has 1 spiro atoms. The van der Waals surface area contributed by atoms with Gasteiger partial charge in [-0.2, -0.15) is 0 Å². The van der Waals surface area contributed by atoms with E-state index >= 15 is 0 Å². The van der Waals surface area contributed by atoms with Crippen LogP contribution in [0, 0.1) is 17.3 Å². The Balaban J connectivity index is 2.01. The molecule has 0 N–H and O–H groups in total. The van der Waals surface area contributed by atoms with Crippen molar-refractivity contribution in [1.29, 1.82) is 0 Å². The van der Waals surface area contributed by atoms with Crippen LogP contribution in [0.25, 0.3) is 0 Å². The van der Waals surface area contributed by atoms with Gasteiger partial charge in [-0.25, -0.2) is 0 Å². The fraction of sp³-hybridized carbons (Fsp3) is 0.600. The van der Waals surface area contributed by atoms with Gasteiger partial charge in [0.1, 0.15) is 12.4 Å². The van der Waals surface area contributed by atoms with Gasteiger partial charge in [0, 0.05) is 18.4 Å². The number of aldehydes is 1. The first kappa shape index (κ1) is 17.0. The molecule has 0 amide bonds. The minimum absolute atomic E-state index is 0.0980. The molecule has 24 heavy (non-hydrogen) atoms. The lowest BCUT2D eigenvalue weighted by Gasteiger charge is -2.45. The fourth-order valence-electron chi connectivity index (χ4n) is 4.72. The van der Waals surface area contributed by atoms with Gasteiger partial charge >= 0.3 is 5.97 Å². The average molecular weight is 330 g/mol. The van der Waals surface area contributed by atoms with Gasteiger partial charge in [0.2, 0.25) is 0 Å². The van der Waals surface area contributed by atoms with Gasteiger partial charge in [0.15, 0.2) is 0 Å². The third kappa shape index (κ3) is 2.62. The van der Waals surface area contributed by atoms with Crippen LogP contribution in [0.15, 0.2) is 34.2 Å². The summed E-state index contributed by atoms with van der Waals surface area (Å²) in [6.07, 6.45) is 7.88. The molecule has 1 saturated carbocycles. The first-order valence-electron chi connectivity index (χ1n) is 8.83. The van der Waals surface area contributed by atoms with Crippen LogP contribution in [0.5, 0.6) is 0 Å².